The Morgan fingerprint density at radius 3 is 1.62 bits per heavy atom. The van der Waals surface area contributed by atoms with Gasteiger partial charge in [-0.05, 0) is 31.9 Å². The third-order valence-electron chi connectivity index (χ3n) is 1.37. The third kappa shape index (κ3) is 1.69. The predicted octanol–water partition coefficient (Wildman–Crippen LogP) is 3.64. The van der Waals surface area contributed by atoms with Gasteiger partial charge in [-0.15, -0.1) is 0 Å². The van der Waals surface area contributed by atoms with Crippen molar-refractivity contribution >= 4 is 31.9 Å². The van der Waals surface area contributed by atoms with Crippen LogP contribution in [0.1, 0.15) is 0 Å². The molecule has 0 unspecified atom stereocenters. The van der Waals surface area contributed by atoms with Crippen molar-refractivity contribution in [2.45, 2.75) is 0 Å². The molecule has 0 saturated heterocycles. The molecule has 0 bridgehead atoms. The SMILES string of the molecule is COc1c(Br)c(F)c(F)c(F)c1Br. The minimum Gasteiger partial charge on any atom is -0.494 e. The topological polar surface area (TPSA) is 9.23 Å². The van der Waals surface area contributed by atoms with E-state index in [0.717, 1.165) is 0 Å². The number of hydrogen-bond donors (Lipinski definition) is 0. The van der Waals surface area contributed by atoms with E-state index in [2.05, 4.69) is 36.6 Å². The fourth-order valence-corrected chi connectivity index (χ4v) is 2.10. The molecule has 0 atom stereocenters. The first-order chi connectivity index (χ1) is 6.00. The number of methoxy groups -OCH3 is 1. The van der Waals surface area contributed by atoms with Crippen molar-refractivity contribution in [2.75, 3.05) is 7.11 Å². The summed E-state index contributed by atoms with van der Waals surface area (Å²) in [6.45, 7) is 0. The number of hydrogen-bond acceptors (Lipinski definition) is 1. The summed E-state index contributed by atoms with van der Waals surface area (Å²) in [6.07, 6.45) is 0. The molecular formula is C7H3Br2F3O. The molecule has 1 nitrogen and oxygen atoms in total. The second-order valence-electron chi connectivity index (χ2n) is 2.10. The molecule has 6 heteroatoms. The average Bonchev–Trinajstić information content (AvgIpc) is 2.13. The quantitative estimate of drug-likeness (QED) is 0.567. The molecule has 1 rings (SSSR count). The summed E-state index contributed by atoms with van der Waals surface area (Å²) in [5, 5.41) is 0. The predicted molar refractivity (Wildman–Crippen MR) is 48.3 cm³/mol. The molecule has 13 heavy (non-hydrogen) atoms. The lowest BCUT2D eigenvalue weighted by Gasteiger charge is -2.08. The highest BCUT2D eigenvalue weighted by Crippen LogP contribution is 2.38. The molecular weight excluding hydrogens is 317 g/mol. The van der Waals surface area contributed by atoms with Crippen LogP contribution in [0.5, 0.6) is 5.75 Å². The van der Waals surface area contributed by atoms with Gasteiger partial charge in [0.15, 0.2) is 23.2 Å². The summed E-state index contributed by atoms with van der Waals surface area (Å²) >= 11 is 5.48. The van der Waals surface area contributed by atoms with Crippen LogP contribution in [0.2, 0.25) is 0 Å². The molecule has 0 spiro atoms. The van der Waals surface area contributed by atoms with Gasteiger partial charge in [0.2, 0.25) is 0 Å². The van der Waals surface area contributed by atoms with E-state index in [4.69, 9.17) is 0 Å². The van der Waals surface area contributed by atoms with Crippen LogP contribution in [-0.2, 0) is 0 Å². The first-order valence-corrected chi connectivity index (χ1v) is 4.64. The normalized spacial score (nSPS) is 10.3. The maximum atomic E-state index is 12.9. The molecule has 0 amide bonds. The van der Waals surface area contributed by atoms with E-state index < -0.39 is 17.5 Å². The van der Waals surface area contributed by atoms with E-state index in [-0.39, 0.29) is 14.7 Å². The molecule has 1 aromatic rings. The van der Waals surface area contributed by atoms with Gasteiger partial charge in [-0.25, -0.2) is 13.2 Å². The molecule has 0 fully saturated rings. The lowest BCUT2D eigenvalue weighted by molar-refractivity contribution is 0.382. The summed E-state index contributed by atoms with van der Waals surface area (Å²) in [7, 11) is 1.22. The Morgan fingerprint density at radius 1 is 0.923 bits per heavy atom. The second-order valence-corrected chi connectivity index (χ2v) is 3.69. The standard InChI is InChI=1S/C7H3Br2F3O/c1-13-7-2(8)4(10)6(12)5(11)3(7)9/h1H3. The Kier molecular flexibility index (Phi) is 3.23. The zero-order valence-corrected chi connectivity index (χ0v) is 9.47. The van der Waals surface area contributed by atoms with E-state index >= 15 is 0 Å². The fourth-order valence-electron chi connectivity index (χ4n) is 0.764. The number of benzene rings is 1. The minimum absolute atomic E-state index is 0.114. The highest BCUT2D eigenvalue weighted by Gasteiger charge is 2.22. The van der Waals surface area contributed by atoms with Crippen molar-refractivity contribution in [3.8, 4) is 5.75 Å². The summed E-state index contributed by atoms with van der Waals surface area (Å²) in [4.78, 5) is 0. The molecule has 0 aliphatic heterocycles. The van der Waals surface area contributed by atoms with Crippen LogP contribution in [0.3, 0.4) is 0 Å². The monoisotopic (exact) mass is 318 g/mol. The van der Waals surface area contributed by atoms with Crippen LogP contribution in [0, 0.1) is 17.5 Å². The Labute approximate surface area is 89.1 Å². The van der Waals surface area contributed by atoms with E-state index in [0.29, 0.717) is 0 Å². The first kappa shape index (κ1) is 10.8. The van der Waals surface area contributed by atoms with Crippen LogP contribution in [-0.4, -0.2) is 7.11 Å². The van der Waals surface area contributed by atoms with E-state index in [1.165, 1.54) is 7.11 Å². The number of ether oxygens (including phenoxy) is 1. The van der Waals surface area contributed by atoms with Crippen LogP contribution >= 0.6 is 31.9 Å². The van der Waals surface area contributed by atoms with Gasteiger partial charge in [0.1, 0.15) is 0 Å². The van der Waals surface area contributed by atoms with Crippen molar-refractivity contribution < 1.29 is 17.9 Å². The smallest absolute Gasteiger partial charge is 0.197 e. The molecule has 0 heterocycles. The summed E-state index contributed by atoms with van der Waals surface area (Å²) in [5.74, 6) is -4.27. The fraction of sp³-hybridized carbons (Fsp3) is 0.143. The molecule has 0 saturated carbocycles. The lowest BCUT2D eigenvalue weighted by Crippen LogP contribution is -1.98. The minimum atomic E-state index is -1.54. The van der Waals surface area contributed by atoms with Crippen molar-refractivity contribution in [1.82, 2.24) is 0 Å². The van der Waals surface area contributed by atoms with Gasteiger partial charge in [-0.3, -0.25) is 0 Å². The highest BCUT2D eigenvalue weighted by atomic mass is 79.9. The van der Waals surface area contributed by atoms with Crippen molar-refractivity contribution in [3.63, 3.8) is 0 Å². The Balaban J connectivity index is 3.56. The summed E-state index contributed by atoms with van der Waals surface area (Å²) in [5.41, 5.74) is 0. The zero-order valence-electron chi connectivity index (χ0n) is 6.30. The van der Waals surface area contributed by atoms with Crippen molar-refractivity contribution in [1.29, 1.82) is 0 Å². The van der Waals surface area contributed by atoms with Gasteiger partial charge in [0.05, 0.1) is 16.1 Å². The Hall–Kier alpha value is -0.230. The van der Waals surface area contributed by atoms with Gasteiger partial charge in [-0.2, -0.15) is 0 Å². The Bertz CT molecular complexity index is 325. The van der Waals surface area contributed by atoms with Crippen LogP contribution < -0.4 is 4.74 Å². The van der Waals surface area contributed by atoms with Crippen molar-refractivity contribution in [2.24, 2.45) is 0 Å². The molecule has 0 aromatic heterocycles. The maximum Gasteiger partial charge on any atom is 0.197 e. The van der Waals surface area contributed by atoms with Gasteiger partial charge in [0.25, 0.3) is 0 Å². The maximum absolute atomic E-state index is 12.9. The molecule has 0 aliphatic carbocycles. The summed E-state index contributed by atoms with van der Waals surface area (Å²) in [6, 6.07) is 0. The number of rotatable bonds is 1. The second kappa shape index (κ2) is 3.88. The first-order valence-electron chi connectivity index (χ1n) is 3.06. The third-order valence-corrected chi connectivity index (χ3v) is 2.79. The Morgan fingerprint density at radius 2 is 1.31 bits per heavy atom. The van der Waals surface area contributed by atoms with Crippen LogP contribution in [0.4, 0.5) is 13.2 Å². The van der Waals surface area contributed by atoms with Crippen LogP contribution in [0.15, 0.2) is 8.95 Å². The molecule has 1 aromatic carbocycles. The van der Waals surface area contributed by atoms with Crippen molar-refractivity contribution in [3.05, 3.63) is 26.4 Å². The molecule has 0 aliphatic rings. The largest absolute Gasteiger partial charge is 0.494 e. The lowest BCUT2D eigenvalue weighted by atomic mass is 10.3. The van der Waals surface area contributed by atoms with Crippen LogP contribution in [0.25, 0.3) is 0 Å². The molecule has 0 N–H and O–H groups in total. The highest BCUT2D eigenvalue weighted by molar-refractivity contribution is 9.11. The number of halogens is 5. The van der Waals surface area contributed by atoms with E-state index in [1.54, 1.807) is 0 Å². The van der Waals surface area contributed by atoms with Gasteiger partial charge >= 0.3 is 0 Å². The van der Waals surface area contributed by atoms with Gasteiger partial charge in [0, 0.05) is 0 Å². The summed E-state index contributed by atoms with van der Waals surface area (Å²) < 4.78 is 42.6. The zero-order chi connectivity index (χ0) is 10.2. The average molecular weight is 320 g/mol. The van der Waals surface area contributed by atoms with E-state index in [9.17, 15) is 13.2 Å². The van der Waals surface area contributed by atoms with E-state index in [1.807, 2.05) is 0 Å². The molecule has 0 radical (unpaired) electrons. The molecule has 72 valence electrons. The van der Waals surface area contributed by atoms with Gasteiger partial charge in [-0.1, -0.05) is 0 Å². The van der Waals surface area contributed by atoms with Gasteiger partial charge < -0.3 is 4.74 Å².